The molecule has 2 aromatic carbocycles. The molecule has 3 aromatic rings. The first kappa shape index (κ1) is 23.9. The summed E-state index contributed by atoms with van der Waals surface area (Å²) in [6, 6.07) is 12.5. The number of hydrogen-bond acceptors (Lipinski definition) is 5. The number of carbonyl (C=O) groups is 3. The Hall–Kier alpha value is -4.28. The van der Waals surface area contributed by atoms with Gasteiger partial charge in [0.05, 0.1) is 30.5 Å². The van der Waals surface area contributed by atoms with Crippen molar-refractivity contribution in [1.82, 2.24) is 0 Å². The molecule has 8 nitrogen and oxygen atoms in total. The van der Waals surface area contributed by atoms with E-state index < -0.39 is 35.2 Å². The maximum Gasteiger partial charge on any atom is 0.418 e. The van der Waals surface area contributed by atoms with Gasteiger partial charge in [0, 0.05) is 24.3 Å². The molecular weight excluding hydrogens is 467 g/mol. The third kappa shape index (κ3) is 5.29. The van der Waals surface area contributed by atoms with Crippen LogP contribution in [0, 0.1) is 5.92 Å². The number of nitrogens with one attached hydrogen (secondary N) is 2. The highest BCUT2D eigenvalue weighted by atomic mass is 19.4. The van der Waals surface area contributed by atoms with Crippen molar-refractivity contribution >= 4 is 34.8 Å². The molecule has 1 unspecified atom stereocenters. The van der Waals surface area contributed by atoms with E-state index in [4.69, 9.17) is 9.15 Å². The van der Waals surface area contributed by atoms with Crippen molar-refractivity contribution < 1.29 is 36.7 Å². The fourth-order valence-corrected chi connectivity index (χ4v) is 3.70. The van der Waals surface area contributed by atoms with Crippen molar-refractivity contribution in [3.8, 4) is 5.75 Å². The van der Waals surface area contributed by atoms with Crippen molar-refractivity contribution in [2.24, 2.45) is 5.92 Å². The summed E-state index contributed by atoms with van der Waals surface area (Å²) in [6.07, 6.45) is -3.69. The second-order valence-corrected chi connectivity index (χ2v) is 7.78. The summed E-state index contributed by atoms with van der Waals surface area (Å²) < 4.78 is 51.2. The molecule has 1 aliphatic heterocycles. The monoisotopic (exact) mass is 487 g/mol. The van der Waals surface area contributed by atoms with E-state index >= 15 is 0 Å². The highest BCUT2D eigenvalue weighted by Gasteiger charge is 2.38. The van der Waals surface area contributed by atoms with E-state index in [1.807, 2.05) is 0 Å². The molecule has 0 bridgehead atoms. The molecule has 3 amide bonds. The van der Waals surface area contributed by atoms with Crippen molar-refractivity contribution in [1.29, 1.82) is 0 Å². The Balaban J connectivity index is 1.49. The van der Waals surface area contributed by atoms with Crippen LogP contribution in [0.4, 0.5) is 30.2 Å². The van der Waals surface area contributed by atoms with Gasteiger partial charge in [0.25, 0.3) is 5.91 Å². The summed E-state index contributed by atoms with van der Waals surface area (Å²) >= 11 is 0. The average Bonchev–Trinajstić information content (AvgIpc) is 3.50. The molecule has 2 N–H and O–H groups in total. The molecule has 182 valence electrons. The fourth-order valence-electron chi connectivity index (χ4n) is 3.70. The minimum atomic E-state index is -4.81. The number of benzene rings is 2. The largest absolute Gasteiger partial charge is 0.497 e. The zero-order valence-electron chi connectivity index (χ0n) is 18.4. The van der Waals surface area contributed by atoms with Crippen LogP contribution in [0.1, 0.15) is 22.5 Å². The third-order valence-corrected chi connectivity index (χ3v) is 5.47. The predicted octanol–water partition coefficient (Wildman–Crippen LogP) is 4.55. The molecule has 0 spiro atoms. The van der Waals surface area contributed by atoms with E-state index in [0.29, 0.717) is 11.4 Å². The minimum Gasteiger partial charge on any atom is -0.497 e. The van der Waals surface area contributed by atoms with Gasteiger partial charge in [0.15, 0.2) is 5.76 Å². The van der Waals surface area contributed by atoms with E-state index in [-0.39, 0.29) is 30.3 Å². The van der Waals surface area contributed by atoms with Crippen LogP contribution >= 0.6 is 0 Å². The molecule has 1 atom stereocenters. The van der Waals surface area contributed by atoms with Gasteiger partial charge in [-0.25, -0.2) is 0 Å². The zero-order valence-corrected chi connectivity index (χ0v) is 18.4. The number of furan rings is 1. The fraction of sp³-hybridized carbons (Fsp3) is 0.208. The second-order valence-electron chi connectivity index (χ2n) is 7.78. The first-order chi connectivity index (χ1) is 16.7. The lowest BCUT2D eigenvalue weighted by atomic mass is 10.1. The maximum absolute atomic E-state index is 13.7. The number of rotatable bonds is 6. The number of methoxy groups -OCH3 is 1. The molecule has 1 aliphatic rings. The summed E-state index contributed by atoms with van der Waals surface area (Å²) in [7, 11) is 1.51. The van der Waals surface area contributed by atoms with Crippen LogP contribution in [0.25, 0.3) is 0 Å². The molecule has 35 heavy (non-hydrogen) atoms. The van der Waals surface area contributed by atoms with Crippen LogP contribution < -0.4 is 20.3 Å². The van der Waals surface area contributed by atoms with Gasteiger partial charge in [0.1, 0.15) is 5.75 Å². The van der Waals surface area contributed by atoms with Crippen molar-refractivity contribution in [2.75, 3.05) is 29.2 Å². The van der Waals surface area contributed by atoms with Crippen molar-refractivity contribution in [3.63, 3.8) is 0 Å². The number of carbonyl (C=O) groups excluding carboxylic acids is 3. The van der Waals surface area contributed by atoms with E-state index in [1.54, 1.807) is 24.3 Å². The SMILES string of the molecule is COc1ccc(N2CC(C(=O)Nc3ccc(NC(=O)c4ccco4)cc3C(F)(F)F)CC2=O)cc1. The summed E-state index contributed by atoms with van der Waals surface area (Å²) in [4.78, 5) is 38.7. The summed E-state index contributed by atoms with van der Waals surface area (Å²) in [5, 5.41) is 4.61. The van der Waals surface area contributed by atoms with Gasteiger partial charge in [-0.15, -0.1) is 0 Å². The van der Waals surface area contributed by atoms with Gasteiger partial charge < -0.3 is 24.7 Å². The quantitative estimate of drug-likeness (QED) is 0.531. The molecular formula is C24H20F3N3O5. The van der Waals surface area contributed by atoms with E-state index in [2.05, 4.69) is 10.6 Å². The van der Waals surface area contributed by atoms with Crippen LogP contribution in [0.5, 0.6) is 5.75 Å². The average molecular weight is 487 g/mol. The lowest BCUT2D eigenvalue weighted by molar-refractivity contribution is -0.137. The standard InChI is InChI=1S/C24H20F3N3O5/c1-34-17-7-5-16(6-8-17)30-13-14(11-21(30)31)22(32)29-19-9-4-15(12-18(19)24(25,26)27)28-23(33)20-3-2-10-35-20/h2-10,12,14H,11,13H2,1H3,(H,28,33)(H,29,32). The van der Waals surface area contributed by atoms with Crippen LogP contribution in [-0.4, -0.2) is 31.4 Å². The summed E-state index contributed by atoms with van der Waals surface area (Å²) in [5.74, 6) is -2.07. The lowest BCUT2D eigenvalue weighted by Crippen LogP contribution is -2.28. The first-order valence-corrected chi connectivity index (χ1v) is 10.5. The molecule has 11 heteroatoms. The van der Waals surface area contributed by atoms with Gasteiger partial charge in [0.2, 0.25) is 11.8 Å². The number of nitrogens with zero attached hydrogens (tertiary/aromatic N) is 1. The molecule has 1 aromatic heterocycles. The van der Waals surface area contributed by atoms with Crippen LogP contribution in [0.15, 0.2) is 65.3 Å². The predicted molar refractivity (Wildman–Crippen MR) is 120 cm³/mol. The van der Waals surface area contributed by atoms with Gasteiger partial charge in [-0.05, 0) is 54.6 Å². The normalized spacial score (nSPS) is 15.7. The Labute approximate surface area is 197 Å². The smallest absolute Gasteiger partial charge is 0.418 e. The third-order valence-electron chi connectivity index (χ3n) is 5.47. The minimum absolute atomic E-state index is 0.0234. The van der Waals surface area contributed by atoms with Gasteiger partial charge >= 0.3 is 6.18 Å². The number of hydrogen-bond donors (Lipinski definition) is 2. The highest BCUT2D eigenvalue weighted by molar-refractivity contribution is 6.04. The Morgan fingerprint density at radius 1 is 1.09 bits per heavy atom. The lowest BCUT2D eigenvalue weighted by Gasteiger charge is -2.18. The number of alkyl halides is 3. The van der Waals surface area contributed by atoms with Gasteiger partial charge in [-0.2, -0.15) is 13.2 Å². The molecule has 4 rings (SSSR count). The van der Waals surface area contributed by atoms with Crippen LogP contribution in [0.3, 0.4) is 0 Å². The molecule has 0 aliphatic carbocycles. The van der Waals surface area contributed by atoms with E-state index in [1.165, 1.54) is 36.5 Å². The van der Waals surface area contributed by atoms with Gasteiger partial charge in [-0.1, -0.05) is 0 Å². The number of ether oxygens (including phenoxy) is 1. The van der Waals surface area contributed by atoms with E-state index in [9.17, 15) is 27.6 Å². The summed E-state index contributed by atoms with van der Waals surface area (Å²) in [5.41, 5.74) is -1.19. The summed E-state index contributed by atoms with van der Waals surface area (Å²) in [6.45, 7) is 0.0234. The number of halogens is 3. The Morgan fingerprint density at radius 2 is 1.83 bits per heavy atom. The first-order valence-electron chi connectivity index (χ1n) is 10.5. The number of anilines is 3. The highest BCUT2D eigenvalue weighted by Crippen LogP contribution is 2.37. The Morgan fingerprint density at radius 3 is 2.46 bits per heavy atom. The Kier molecular flexibility index (Phi) is 6.50. The van der Waals surface area contributed by atoms with Gasteiger partial charge in [-0.3, -0.25) is 14.4 Å². The van der Waals surface area contributed by atoms with Crippen LogP contribution in [0.2, 0.25) is 0 Å². The van der Waals surface area contributed by atoms with Crippen molar-refractivity contribution in [3.05, 3.63) is 72.2 Å². The van der Waals surface area contributed by atoms with Crippen LogP contribution in [-0.2, 0) is 15.8 Å². The van der Waals surface area contributed by atoms with E-state index in [0.717, 1.165) is 12.1 Å². The Bertz CT molecular complexity index is 1240. The maximum atomic E-state index is 13.7. The molecule has 0 radical (unpaired) electrons. The zero-order chi connectivity index (χ0) is 25.2. The number of amides is 3. The van der Waals surface area contributed by atoms with Crippen molar-refractivity contribution in [2.45, 2.75) is 12.6 Å². The molecule has 1 fully saturated rings. The molecule has 2 heterocycles. The molecule has 1 saturated heterocycles. The molecule has 0 saturated carbocycles. The second kappa shape index (κ2) is 9.53. The topological polar surface area (TPSA) is 101 Å².